The number of amides is 2. The van der Waals surface area contributed by atoms with E-state index in [1.165, 1.54) is 5.48 Å². The smallest absolute Gasteiger partial charge is 0.267 e. The fourth-order valence-electron chi connectivity index (χ4n) is 2.17. The first-order chi connectivity index (χ1) is 11.0. The number of rotatable bonds is 5. The molecule has 0 unspecified atom stereocenters. The van der Waals surface area contributed by atoms with Gasteiger partial charge >= 0.3 is 0 Å². The summed E-state index contributed by atoms with van der Waals surface area (Å²) in [5, 5.41) is 11.2. The van der Waals surface area contributed by atoms with Crippen molar-refractivity contribution in [2.45, 2.75) is 19.0 Å². The second-order valence-electron chi connectivity index (χ2n) is 5.23. The van der Waals surface area contributed by atoms with Gasteiger partial charge in [-0.1, -0.05) is 42.5 Å². The zero-order chi connectivity index (χ0) is 16.8. The van der Waals surface area contributed by atoms with Crippen molar-refractivity contribution < 1.29 is 14.8 Å². The van der Waals surface area contributed by atoms with Gasteiger partial charge in [0.2, 0.25) is 0 Å². The molecule has 0 radical (unpaired) electrons. The summed E-state index contributed by atoms with van der Waals surface area (Å²) >= 11 is 0. The molecular formula is C17H19N3O3. The highest BCUT2D eigenvalue weighted by Gasteiger charge is 2.24. The molecule has 120 valence electrons. The van der Waals surface area contributed by atoms with Crippen LogP contribution in [0.3, 0.4) is 0 Å². The summed E-state index contributed by atoms with van der Waals surface area (Å²) in [4.78, 5) is 23.7. The first kappa shape index (κ1) is 16.7. The third-order valence-electron chi connectivity index (χ3n) is 3.46. The lowest BCUT2D eigenvalue weighted by Gasteiger charge is -2.20. The molecule has 0 bridgehead atoms. The number of hydrogen-bond acceptors (Lipinski definition) is 4. The summed E-state index contributed by atoms with van der Waals surface area (Å²) in [5.74, 6) is -1.19. The Kier molecular flexibility index (Phi) is 5.46. The van der Waals surface area contributed by atoms with Gasteiger partial charge in [-0.15, -0.1) is 0 Å². The Morgan fingerprint density at radius 2 is 1.57 bits per heavy atom. The lowest BCUT2D eigenvalue weighted by molar-refractivity contribution is -0.131. The third-order valence-corrected chi connectivity index (χ3v) is 3.46. The molecule has 6 heteroatoms. The highest BCUT2D eigenvalue weighted by atomic mass is 16.5. The molecule has 0 fully saturated rings. The number of carbonyl (C=O) groups is 2. The number of nitrogens with two attached hydrogens (primary N) is 1. The zero-order valence-electron chi connectivity index (χ0n) is 12.7. The molecule has 2 aromatic rings. The SMILES string of the molecule is C[C@H](N)[C@H](NC(=O)c1ccc(-c2ccccc2)cc1)C(=O)NO. The largest absolute Gasteiger partial charge is 0.339 e. The van der Waals surface area contributed by atoms with Gasteiger partial charge in [-0.25, -0.2) is 5.48 Å². The lowest BCUT2D eigenvalue weighted by atomic mass is 10.0. The van der Waals surface area contributed by atoms with Crippen LogP contribution in [0.5, 0.6) is 0 Å². The Morgan fingerprint density at radius 1 is 1.00 bits per heavy atom. The van der Waals surface area contributed by atoms with E-state index < -0.39 is 23.9 Å². The van der Waals surface area contributed by atoms with E-state index in [0.717, 1.165) is 11.1 Å². The highest BCUT2D eigenvalue weighted by molar-refractivity contribution is 5.98. The molecule has 0 saturated heterocycles. The van der Waals surface area contributed by atoms with Crippen molar-refractivity contribution in [1.29, 1.82) is 0 Å². The molecule has 5 N–H and O–H groups in total. The molecule has 0 aliphatic rings. The van der Waals surface area contributed by atoms with E-state index in [-0.39, 0.29) is 0 Å². The third kappa shape index (κ3) is 4.15. The van der Waals surface area contributed by atoms with Gasteiger partial charge in [0.15, 0.2) is 0 Å². The Labute approximate surface area is 134 Å². The van der Waals surface area contributed by atoms with Crippen molar-refractivity contribution in [3.05, 3.63) is 60.2 Å². The fourth-order valence-corrected chi connectivity index (χ4v) is 2.17. The standard InChI is InChI=1S/C17H19N3O3/c1-11(18)15(17(22)20-23)19-16(21)14-9-7-13(8-10-14)12-5-3-2-4-6-12/h2-11,15,23H,18H2,1H3,(H,19,21)(H,20,22)/t11-,15-/m0/s1. The van der Waals surface area contributed by atoms with Crippen LogP contribution in [0.15, 0.2) is 54.6 Å². The van der Waals surface area contributed by atoms with E-state index >= 15 is 0 Å². The average molecular weight is 313 g/mol. The van der Waals surface area contributed by atoms with Crippen molar-refractivity contribution in [3.8, 4) is 11.1 Å². The Bertz CT molecular complexity index is 669. The van der Waals surface area contributed by atoms with E-state index in [1.807, 2.05) is 42.5 Å². The molecule has 6 nitrogen and oxygen atoms in total. The van der Waals surface area contributed by atoms with Crippen LogP contribution in [-0.2, 0) is 4.79 Å². The van der Waals surface area contributed by atoms with Gasteiger partial charge in [0.05, 0.1) is 0 Å². The topological polar surface area (TPSA) is 104 Å². The van der Waals surface area contributed by atoms with Gasteiger partial charge < -0.3 is 11.1 Å². The van der Waals surface area contributed by atoms with Crippen molar-refractivity contribution in [1.82, 2.24) is 10.8 Å². The predicted molar refractivity (Wildman–Crippen MR) is 86.7 cm³/mol. The summed E-state index contributed by atoms with van der Waals surface area (Å²) in [6, 6.07) is 15.1. The van der Waals surface area contributed by atoms with Gasteiger partial charge in [-0.05, 0) is 30.2 Å². The number of benzene rings is 2. The van der Waals surface area contributed by atoms with Crippen LogP contribution in [0.2, 0.25) is 0 Å². The Balaban J connectivity index is 2.12. The fraction of sp³-hybridized carbons (Fsp3) is 0.176. The van der Waals surface area contributed by atoms with E-state index in [9.17, 15) is 9.59 Å². The molecule has 23 heavy (non-hydrogen) atoms. The van der Waals surface area contributed by atoms with Crippen molar-refractivity contribution in [2.24, 2.45) is 5.73 Å². The normalized spacial score (nSPS) is 13.0. The maximum absolute atomic E-state index is 12.2. The summed E-state index contributed by atoms with van der Waals surface area (Å²) in [7, 11) is 0. The lowest BCUT2D eigenvalue weighted by Crippen LogP contribution is -2.54. The van der Waals surface area contributed by atoms with E-state index in [4.69, 9.17) is 10.9 Å². The molecule has 2 aromatic carbocycles. The minimum atomic E-state index is -1.01. The monoisotopic (exact) mass is 313 g/mol. The second kappa shape index (κ2) is 7.53. The van der Waals surface area contributed by atoms with E-state index in [1.54, 1.807) is 19.1 Å². The summed E-state index contributed by atoms with van der Waals surface area (Å²) < 4.78 is 0. The van der Waals surface area contributed by atoms with Crippen LogP contribution in [-0.4, -0.2) is 29.1 Å². The van der Waals surface area contributed by atoms with E-state index in [0.29, 0.717) is 5.56 Å². The summed E-state index contributed by atoms with van der Waals surface area (Å²) in [5.41, 5.74) is 9.59. The molecule has 2 amide bonds. The molecule has 0 aliphatic carbocycles. The molecule has 0 spiro atoms. The number of carbonyl (C=O) groups excluding carboxylic acids is 2. The van der Waals surface area contributed by atoms with Gasteiger partial charge in [0.1, 0.15) is 6.04 Å². The Hall–Kier alpha value is -2.70. The quantitative estimate of drug-likeness (QED) is 0.493. The average Bonchev–Trinajstić information content (AvgIpc) is 2.59. The molecule has 0 aliphatic heterocycles. The van der Waals surface area contributed by atoms with Crippen LogP contribution in [0, 0.1) is 0 Å². The van der Waals surface area contributed by atoms with Gasteiger partial charge in [-0.2, -0.15) is 0 Å². The van der Waals surface area contributed by atoms with Gasteiger partial charge in [0, 0.05) is 11.6 Å². The highest BCUT2D eigenvalue weighted by Crippen LogP contribution is 2.19. The molecule has 2 rings (SSSR count). The van der Waals surface area contributed by atoms with Crippen LogP contribution in [0.1, 0.15) is 17.3 Å². The first-order valence-corrected chi connectivity index (χ1v) is 7.19. The molecule has 0 saturated carbocycles. The number of hydroxylamine groups is 1. The molecule has 0 aromatic heterocycles. The van der Waals surface area contributed by atoms with Crippen molar-refractivity contribution in [2.75, 3.05) is 0 Å². The minimum absolute atomic E-state index is 0.404. The van der Waals surface area contributed by atoms with Crippen LogP contribution in [0.25, 0.3) is 11.1 Å². The minimum Gasteiger partial charge on any atom is -0.339 e. The van der Waals surface area contributed by atoms with Crippen molar-refractivity contribution >= 4 is 11.8 Å². The van der Waals surface area contributed by atoms with Gasteiger partial charge in [-0.3, -0.25) is 14.8 Å². The Morgan fingerprint density at radius 3 is 2.09 bits per heavy atom. The maximum atomic E-state index is 12.2. The molecular weight excluding hydrogens is 294 g/mol. The van der Waals surface area contributed by atoms with Crippen molar-refractivity contribution in [3.63, 3.8) is 0 Å². The predicted octanol–water partition coefficient (Wildman–Crippen LogP) is 1.30. The van der Waals surface area contributed by atoms with Crippen LogP contribution in [0.4, 0.5) is 0 Å². The summed E-state index contributed by atoms with van der Waals surface area (Å²) in [6.07, 6.45) is 0. The molecule has 2 atom stereocenters. The first-order valence-electron chi connectivity index (χ1n) is 7.19. The number of hydrogen-bond donors (Lipinski definition) is 4. The van der Waals surface area contributed by atoms with Crippen LogP contribution >= 0.6 is 0 Å². The molecule has 0 heterocycles. The zero-order valence-corrected chi connectivity index (χ0v) is 12.7. The second-order valence-corrected chi connectivity index (χ2v) is 5.23. The van der Waals surface area contributed by atoms with Crippen LogP contribution < -0.4 is 16.5 Å². The van der Waals surface area contributed by atoms with Gasteiger partial charge in [0.25, 0.3) is 11.8 Å². The maximum Gasteiger partial charge on any atom is 0.267 e. The van der Waals surface area contributed by atoms with E-state index in [2.05, 4.69) is 5.32 Å². The number of nitrogens with one attached hydrogen (secondary N) is 2. The summed E-state index contributed by atoms with van der Waals surface area (Å²) in [6.45, 7) is 1.57.